The van der Waals surface area contributed by atoms with E-state index in [-0.39, 0.29) is 23.0 Å². The number of amides is 2. The predicted molar refractivity (Wildman–Crippen MR) is 155 cm³/mol. The minimum Gasteiger partial charge on any atom is -0.492 e. The first-order valence-corrected chi connectivity index (χ1v) is 12.7. The Hall–Kier alpha value is -4.49. The zero-order valence-electron chi connectivity index (χ0n) is 21.0. The fourth-order valence-electron chi connectivity index (χ4n) is 3.88. The van der Waals surface area contributed by atoms with Crippen LogP contribution in [-0.2, 0) is 6.42 Å². The monoisotopic (exact) mass is 523 g/mol. The molecule has 0 heterocycles. The molecule has 0 saturated heterocycles. The zero-order chi connectivity index (χ0) is 26.7. The molecular formula is C31H29N3O3S. The highest BCUT2D eigenvalue weighted by atomic mass is 32.1. The predicted octanol–water partition coefficient (Wildman–Crippen LogP) is 5.93. The van der Waals surface area contributed by atoms with Crippen molar-refractivity contribution < 1.29 is 14.3 Å². The molecule has 0 bridgehead atoms. The minimum absolute atomic E-state index is 0.115. The first kappa shape index (κ1) is 26.6. The smallest absolute Gasteiger partial charge is 0.261 e. The number of ether oxygens (including phenoxy) is 1. The van der Waals surface area contributed by atoms with Crippen LogP contribution in [-0.4, -0.2) is 23.5 Å². The third kappa shape index (κ3) is 7.51. The van der Waals surface area contributed by atoms with Gasteiger partial charge < -0.3 is 15.4 Å². The van der Waals surface area contributed by atoms with E-state index >= 15 is 0 Å². The van der Waals surface area contributed by atoms with Crippen molar-refractivity contribution in [2.45, 2.75) is 19.4 Å². The van der Waals surface area contributed by atoms with Crippen LogP contribution in [0.25, 0.3) is 0 Å². The first-order chi connectivity index (χ1) is 18.5. The van der Waals surface area contributed by atoms with Crippen molar-refractivity contribution in [3.05, 3.63) is 131 Å². The number of hydrogen-bond acceptors (Lipinski definition) is 4. The maximum atomic E-state index is 12.9. The van der Waals surface area contributed by atoms with Gasteiger partial charge in [-0.25, -0.2) is 0 Å². The molecule has 0 aliphatic heterocycles. The normalized spacial score (nSPS) is 11.2. The van der Waals surface area contributed by atoms with Crippen LogP contribution in [0, 0.1) is 0 Å². The SMILES string of the molecule is CC(NC(=O)c1cccc(NC(=S)NC(=O)c2ccccc2OCCc2ccccc2)c1)c1ccccc1. The fourth-order valence-corrected chi connectivity index (χ4v) is 4.09. The molecule has 6 nitrogen and oxygen atoms in total. The van der Waals surface area contributed by atoms with Crippen LogP contribution in [0.1, 0.15) is 44.8 Å². The second-order valence-corrected chi connectivity index (χ2v) is 9.08. The van der Waals surface area contributed by atoms with E-state index in [2.05, 4.69) is 16.0 Å². The molecule has 1 atom stereocenters. The number of hydrogen-bond donors (Lipinski definition) is 3. The summed E-state index contributed by atoms with van der Waals surface area (Å²) in [4.78, 5) is 25.7. The second-order valence-electron chi connectivity index (χ2n) is 8.68. The van der Waals surface area contributed by atoms with Crippen LogP contribution in [0.4, 0.5) is 5.69 Å². The number of benzene rings is 4. The van der Waals surface area contributed by atoms with E-state index in [1.807, 2.05) is 73.7 Å². The molecule has 38 heavy (non-hydrogen) atoms. The number of anilines is 1. The Kier molecular flexibility index (Phi) is 9.21. The van der Waals surface area contributed by atoms with Gasteiger partial charge in [-0.05, 0) is 60.6 Å². The largest absolute Gasteiger partial charge is 0.492 e. The van der Waals surface area contributed by atoms with Gasteiger partial charge in [0.2, 0.25) is 0 Å². The Bertz CT molecular complexity index is 1390. The van der Waals surface area contributed by atoms with Gasteiger partial charge in [0.15, 0.2) is 5.11 Å². The van der Waals surface area contributed by atoms with E-state index in [1.54, 1.807) is 42.5 Å². The van der Waals surface area contributed by atoms with Gasteiger partial charge in [0.05, 0.1) is 18.2 Å². The molecule has 2 amide bonds. The number of thiocarbonyl (C=S) groups is 1. The van der Waals surface area contributed by atoms with E-state index in [1.165, 1.54) is 0 Å². The molecule has 7 heteroatoms. The summed E-state index contributed by atoms with van der Waals surface area (Å²) in [6, 6.07) is 33.6. The Morgan fingerprint density at radius 2 is 1.50 bits per heavy atom. The van der Waals surface area contributed by atoms with E-state index in [0.29, 0.717) is 29.2 Å². The number of rotatable bonds is 9. The van der Waals surface area contributed by atoms with Gasteiger partial charge in [0.25, 0.3) is 11.8 Å². The Morgan fingerprint density at radius 1 is 0.816 bits per heavy atom. The van der Waals surface area contributed by atoms with Gasteiger partial charge in [0.1, 0.15) is 5.75 Å². The summed E-state index contributed by atoms with van der Waals surface area (Å²) in [6.45, 7) is 2.37. The summed E-state index contributed by atoms with van der Waals surface area (Å²) in [6.07, 6.45) is 0.727. The van der Waals surface area contributed by atoms with Crippen molar-refractivity contribution in [1.82, 2.24) is 10.6 Å². The van der Waals surface area contributed by atoms with Crippen molar-refractivity contribution in [2.75, 3.05) is 11.9 Å². The molecule has 3 N–H and O–H groups in total. The summed E-state index contributed by atoms with van der Waals surface area (Å²) in [5, 5.41) is 8.79. The first-order valence-electron chi connectivity index (χ1n) is 12.3. The molecule has 0 aliphatic rings. The number of para-hydroxylation sites is 1. The summed E-state index contributed by atoms with van der Waals surface area (Å²) in [5.74, 6) is -0.111. The zero-order valence-corrected chi connectivity index (χ0v) is 21.8. The topological polar surface area (TPSA) is 79.5 Å². The number of carbonyl (C=O) groups is 2. The van der Waals surface area contributed by atoms with Crippen molar-refractivity contribution in [3.63, 3.8) is 0 Å². The van der Waals surface area contributed by atoms with Gasteiger partial charge >= 0.3 is 0 Å². The van der Waals surface area contributed by atoms with Crippen LogP contribution < -0.4 is 20.7 Å². The average molecular weight is 524 g/mol. The molecule has 0 aromatic heterocycles. The molecule has 0 saturated carbocycles. The second kappa shape index (κ2) is 13.2. The molecule has 4 aromatic carbocycles. The third-order valence-electron chi connectivity index (χ3n) is 5.88. The van der Waals surface area contributed by atoms with Crippen LogP contribution in [0.2, 0.25) is 0 Å². The lowest BCUT2D eigenvalue weighted by molar-refractivity contribution is 0.0937. The molecule has 4 aromatic rings. The van der Waals surface area contributed by atoms with Gasteiger partial charge in [-0.2, -0.15) is 0 Å². The van der Waals surface area contributed by atoms with Gasteiger partial charge in [-0.3, -0.25) is 14.9 Å². The highest BCUT2D eigenvalue weighted by Gasteiger charge is 2.15. The average Bonchev–Trinajstić information content (AvgIpc) is 2.94. The fraction of sp³-hybridized carbons (Fsp3) is 0.129. The van der Waals surface area contributed by atoms with Crippen LogP contribution in [0.5, 0.6) is 5.75 Å². The Labute approximate surface area is 228 Å². The van der Waals surface area contributed by atoms with E-state index in [4.69, 9.17) is 17.0 Å². The lowest BCUT2D eigenvalue weighted by atomic mass is 10.1. The number of nitrogens with one attached hydrogen (secondary N) is 3. The molecule has 0 aliphatic carbocycles. The van der Waals surface area contributed by atoms with Crippen LogP contribution >= 0.6 is 12.2 Å². The minimum atomic E-state index is -0.386. The Balaban J connectivity index is 1.33. The van der Waals surface area contributed by atoms with Gasteiger partial charge in [-0.1, -0.05) is 78.9 Å². The van der Waals surface area contributed by atoms with Crippen molar-refractivity contribution >= 4 is 34.8 Å². The maximum Gasteiger partial charge on any atom is 0.261 e. The third-order valence-corrected chi connectivity index (χ3v) is 6.08. The quantitative estimate of drug-likeness (QED) is 0.237. The molecule has 0 radical (unpaired) electrons. The molecule has 4 rings (SSSR count). The van der Waals surface area contributed by atoms with E-state index < -0.39 is 0 Å². The molecule has 0 spiro atoms. The highest BCUT2D eigenvalue weighted by Crippen LogP contribution is 2.19. The molecule has 1 unspecified atom stereocenters. The van der Waals surface area contributed by atoms with E-state index in [0.717, 1.165) is 17.5 Å². The summed E-state index contributed by atoms with van der Waals surface area (Å²) >= 11 is 5.37. The lowest BCUT2D eigenvalue weighted by Crippen LogP contribution is -2.34. The number of carbonyl (C=O) groups excluding carboxylic acids is 2. The highest BCUT2D eigenvalue weighted by molar-refractivity contribution is 7.80. The van der Waals surface area contributed by atoms with Crippen molar-refractivity contribution in [2.24, 2.45) is 0 Å². The van der Waals surface area contributed by atoms with Crippen molar-refractivity contribution in [1.29, 1.82) is 0 Å². The van der Waals surface area contributed by atoms with Crippen LogP contribution in [0.3, 0.4) is 0 Å². The molecule has 192 valence electrons. The molecule has 0 fully saturated rings. The lowest BCUT2D eigenvalue weighted by Gasteiger charge is -2.15. The maximum absolute atomic E-state index is 12.9. The Morgan fingerprint density at radius 3 is 2.26 bits per heavy atom. The summed E-state index contributed by atoms with van der Waals surface area (Å²) < 4.78 is 5.90. The summed E-state index contributed by atoms with van der Waals surface area (Å²) in [5.41, 5.74) is 3.62. The van der Waals surface area contributed by atoms with E-state index in [9.17, 15) is 9.59 Å². The van der Waals surface area contributed by atoms with Crippen LogP contribution in [0.15, 0.2) is 109 Å². The summed E-state index contributed by atoms with van der Waals surface area (Å²) in [7, 11) is 0. The molecular weight excluding hydrogens is 494 g/mol. The van der Waals surface area contributed by atoms with Gasteiger partial charge in [0, 0.05) is 17.7 Å². The standard InChI is InChI=1S/C31H29N3O3S/c1-22(24-13-6-3-7-14-24)32-29(35)25-15-10-16-26(21-25)33-31(38)34-30(36)27-17-8-9-18-28(27)37-20-19-23-11-4-2-5-12-23/h2-18,21-22H,19-20H2,1H3,(H,32,35)(H2,33,34,36,38). The van der Waals surface area contributed by atoms with Gasteiger partial charge in [-0.15, -0.1) is 0 Å². The van der Waals surface area contributed by atoms with Crippen molar-refractivity contribution in [3.8, 4) is 5.75 Å².